The summed E-state index contributed by atoms with van der Waals surface area (Å²) in [4.78, 5) is 16.2. The third-order valence-corrected chi connectivity index (χ3v) is 3.57. The lowest BCUT2D eigenvalue weighted by Crippen LogP contribution is -2.20. The third kappa shape index (κ3) is 6.33. The zero-order chi connectivity index (χ0) is 17.9. The SMILES string of the molecule is CCCCCNc1ccc(NC(=O)COc2ccccc2OC)nc1. The van der Waals surface area contributed by atoms with E-state index >= 15 is 0 Å². The van der Waals surface area contributed by atoms with Gasteiger partial charge >= 0.3 is 0 Å². The highest BCUT2D eigenvalue weighted by Gasteiger charge is 2.07. The molecular formula is C19H25N3O3. The first-order valence-corrected chi connectivity index (χ1v) is 8.48. The summed E-state index contributed by atoms with van der Waals surface area (Å²) in [6.07, 6.45) is 5.25. The molecule has 0 atom stereocenters. The molecule has 0 aliphatic heterocycles. The number of aromatic nitrogens is 1. The van der Waals surface area contributed by atoms with Gasteiger partial charge in [-0.15, -0.1) is 0 Å². The molecule has 0 bridgehead atoms. The van der Waals surface area contributed by atoms with Gasteiger partial charge in [-0.2, -0.15) is 0 Å². The van der Waals surface area contributed by atoms with Crippen molar-refractivity contribution in [3.63, 3.8) is 0 Å². The Morgan fingerprint density at radius 1 is 1.12 bits per heavy atom. The quantitative estimate of drug-likeness (QED) is 0.644. The first-order valence-electron chi connectivity index (χ1n) is 8.48. The highest BCUT2D eigenvalue weighted by Crippen LogP contribution is 2.25. The molecule has 0 aliphatic carbocycles. The molecule has 1 amide bonds. The number of amides is 1. The molecule has 25 heavy (non-hydrogen) atoms. The van der Waals surface area contributed by atoms with E-state index in [1.807, 2.05) is 18.2 Å². The number of benzene rings is 1. The van der Waals surface area contributed by atoms with Crippen LogP contribution < -0.4 is 20.1 Å². The highest BCUT2D eigenvalue weighted by atomic mass is 16.5. The second-order valence-corrected chi connectivity index (χ2v) is 5.55. The van der Waals surface area contributed by atoms with Gasteiger partial charge in [0.2, 0.25) is 0 Å². The molecule has 6 nitrogen and oxygen atoms in total. The van der Waals surface area contributed by atoms with E-state index in [0.717, 1.165) is 18.7 Å². The summed E-state index contributed by atoms with van der Waals surface area (Å²) in [5.74, 6) is 1.33. The van der Waals surface area contributed by atoms with Gasteiger partial charge in [-0.3, -0.25) is 4.79 Å². The standard InChI is InChI=1S/C19H25N3O3/c1-3-4-7-12-20-15-10-11-18(21-13-15)22-19(23)14-25-17-9-6-5-8-16(17)24-2/h5-6,8-11,13,20H,3-4,7,12,14H2,1-2H3,(H,21,22,23). The molecule has 1 aromatic carbocycles. The Bertz CT molecular complexity index is 659. The number of pyridine rings is 1. The van der Waals surface area contributed by atoms with Crippen molar-refractivity contribution in [2.24, 2.45) is 0 Å². The van der Waals surface area contributed by atoms with E-state index in [9.17, 15) is 4.79 Å². The largest absolute Gasteiger partial charge is 0.493 e. The minimum Gasteiger partial charge on any atom is -0.493 e. The van der Waals surface area contributed by atoms with E-state index in [2.05, 4.69) is 22.5 Å². The molecule has 2 N–H and O–H groups in total. The van der Waals surface area contributed by atoms with Crippen molar-refractivity contribution in [1.82, 2.24) is 4.98 Å². The summed E-state index contributed by atoms with van der Waals surface area (Å²) in [5.41, 5.74) is 0.944. The number of rotatable bonds is 10. The van der Waals surface area contributed by atoms with Crippen LogP contribution in [0.3, 0.4) is 0 Å². The Hall–Kier alpha value is -2.76. The van der Waals surface area contributed by atoms with Crippen LogP contribution in [0.25, 0.3) is 0 Å². The molecule has 134 valence electrons. The van der Waals surface area contributed by atoms with Crippen molar-refractivity contribution in [2.75, 3.05) is 30.9 Å². The predicted molar refractivity (Wildman–Crippen MR) is 99.4 cm³/mol. The number of carbonyl (C=O) groups excluding carboxylic acids is 1. The lowest BCUT2D eigenvalue weighted by Gasteiger charge is -2.10. The Balaban J connectivity index is 1.78. The fraction of sp³-hybridized carbons (Fsp3) is 0.368. The number of ether oxygens (including phenoxy) is 2. The van der Waals surface area contributed by atoms with Crippen LogP contribution in [0, 0.1) is 0 Å². The second kappa shape index (κ2) is 10.2. The minimum absolute atomic E-state index is 0.112. The van der Waals surface area contributed by atoms with Gasteiger partial charge in [0.05, 0.1) is 19.0 Å². The van der Waals surface area contributed by atoms with Crippen molar-refractivity contribution < 1.29 is 14.3 Å². The van der Waals surface area contributed by atoms with Crippen LogP contribution in [0.5, 0.6) is 11.5 Å². The maximum Gasteiger partial charge on any atom is 0.263 e. The molecule has 1 aromatic heterocycles. The van der Waals surface area contributed by atoms with Gasteiger partial charge < -0.3 is 20.1 Å². The number of para-hydroxylation sites is 2. The maximum atomic E-state index is 12.0. The lowest BCUT2D eigenvalue weighted by molar-refractivity contribution is -0.118. The van der Waals surface area contributed by atoms with E-state index in [-0.39, 0.29) is 12.5 Å². The van der Waals surface area contributed by atoms with Crippen molar-refractivity contribution >= 4 is 17.4 Å². The molecule has 0 fully saturated rings. The lowest BCUT2D eigenvalue weighted by atomic mass is 10.2. The van der Waals surface area contributed by atoms with E-state index < -0.39 is 0 Å². The number of methoxy groups -OCH3 is 1. The van der Waals surface area contributed by atoms with E-state index in [1.165, 1.54) is 12.8 Å². The summed E-state index contributed by atoms with van der Waals surface area (Å²) in [6, 6.07) is 10.9. The topological polar surface area (TPSA) is 72.5 Å². The molecule has 0 saturated carbocycles. The van der Waals surface area contributed by atoms with Gasteiger partial charge in [-0.05, 0) is 30.7 Å². The molecule has 0 saturated heterocycles. The Morgan fingerprint density at radius 2 is 1.92 bits per heavy atom. The van der Waals surface area contributed by atoms with Crippen LogP contribution in [-0.4, -0.2) is 31.2 Å². The number of hydrogen-bond acceptors (Lipinski definition) is 5. The number of unbranched alkanes of at least 4 members (excludes halogenated alkanes) is 2. The van der Waals surface area contributed by atoms with Gasteiger partial charge in [-0.25, -0.2) is 4.98 Å². The monoisotopic (exact) mass is 343 g/mol. The summed E-state index contributed by atoms with van der Waals surface area (Å²) in [7, 11) is 1.56. The van der Waals surface area contributed by atoms with Gasteiger partial charge in [-0.1, -0.05) is 31.9 Å². The molecule has 2 rings (SSSR count). The summed E-state index contributed by atoms with van der Waals surface area (Å²) < 4.78 is 10.7. The van der Waals surface area contributed by atoms with Crippen molar-refractivity contribution in [3.8, 4) is 11.5 Å². The Labute approximate surface area is 148 Å². The van der Waals surface area contributed by atoms with Crippen LogP contribution in [0.1, 0.15) is 26.2 Å². The number of carbonyl (C=O) groups is 1. The van der Waals surface area contributed by atoms with Crippen LogP contribution in [0.4, 0.5) is 11.5 Å². The van der Waals surface area contributed by atoms with Gasteiger partial charge in [0.15, 0.2) is 18.1 Å². The Kier molecular flexibility index (Phi) is 7.56. The maximum absolute atomic E-state index is 12.0. The fourth-order valence-corrected chi connectivity index (χ4v) is 2.24. The number of anilines is 2. The van der Waals surface area contributed by atoms with Crippen molar-refractivity contribution in [1.29, 1.82) is 0 Å². The molecule has 6 heteroatoms. The molecular weight excluding hydrogens is 318 g/mol. The number of nitrogens with one attached hydrogen (secondary N) is 2. The summed E-state index contributed by atoms with van der Waals surface area (Å²) >= 11 is 0. The third-order valence-electron chi connectivity index (χ3n) is 3.57. The second-order valence-electron chi connectivity index (χ2n) is 5.55. The smallest absolute Gasteiger partial charge is 0.263 e. The van der Waals surface area contributed by atoms with Gasteiger partial charge in [0.25, 0.3) is 5.91 Å². The molecule has 0 aliphatic rings. The van der Waals surface area contributed by atoms with Crippen LogP contribution in [0.15, 0.2) is 42.6 Å². The zero-order valence-corrected chi connectivity index (χ0v) is 14.7. The number of nitrogens with zero attached hydrogens (tertiary/aromatic N) is 1. The predicted octanol–water partition coefficient (Wildman–Crippen LogP) is 3.71. The van der Waals surface area contributed by atoms with Crippen molar-refractivity contribution in [3.05, 3.63) is 42.6 Å². The highest BCUT2D eigenvalue weighted by molar-refractivity contribution is 5.91. The van der Waals surface area contributed by atoms with E-state index in [0.29, 0.717) is 17.3 Å². The molecule has 2 aromatic rings. The van der Waals surface area contributed by atoms with Gasteiger partial charge in [0, 0.05) is 6.54 Å². The minimum atomic E-state index is -0.276. The van der Waals surface area contributed by atoms with Gasteiger partial charge in [0.1, 0.15) is 5.82 Å². The van der Waals surface area contributed by atoms with Crippen LogP contribution in [0.2, 0.25) is 0 Å². The Morgan fingerprint density at radius 3 is 2.60 bits per heavy atom. The van der Waals surface area contributed by atoms with Crippen LogP contribution in [-0.2, 0) is 4.79 Å². The summed E-state index contributed by atoms with van der Waals surface area (Å²) in [6.45, 7) is 2.99. The molecule has 0 spiro atoms. The summed E-state index contributed by atoms with van der Waals surface area (Å²) in [5, 5.41) is 6.02. The molecule has 1 heterocycles. The molecule has 0 radical (unpaired) electrons. The fourth-order valence-electron chi connectivity index (χ4n) is 2.24. The van der Waals surface area contributed by atoms with Crippen molar-refractivity contribution in [2.45, 2.75) is 26.2 Å². The zero-order valence-electron chi connectivity index (χ0n) is 14.7. The normalized spacial score (nSPS) is 10.2. The van der Waals surface area contributed by atoms with Crippen LogP contribution >= 0.6 is 0 Å². The average molecular weight is 343 g/mol. The van der Waals surface area contributed by atoms with E-state index in [4.69, 9.17) is 9.47 Å². The number of hydrogen-bond donors (Lipinski definition) is 2. The first-order chi connectivity index (χ1) is 12.2. The first kappa shape index (κ1) is 18.6. The average Bonchev–Trinajstić information content (AvgIpc) is 2.65. The van der Waals surface area contributed by atoms with E-state index in [1.54, 1.807) is 31.5 Å². The molecule has 0 unspecified atom stereocenters.